The summed E-state index contributed by atoms with van der Waals surface area (Å²) in [7, 11) is 0. The minimum absolute atomic E-state index is 0.0972. The molecule has 6 heteroatoms. The first-order valence-electron chi connectivity index (χ1n) is 10.0. The molecule has 6 nitrogen and oxygen atoms in total. The van der Waals surface area contributed by atoms with E-state index in [0.29, 0.717) is 12.8 Å². The fourth-order valence-electron chi connectivity index (χ4n) is 4.11. The summed E-state index contributed by atoms with van der Waals surface area (Å²) in [6.45, 7) is 8.00. The number of nitrogens with zero attached hydrogens (tertiary/aromatic N) is 1. The van der Waals surface area contributed by atoms with Gasteiger partial charge in [-0.2, -0.15) is 0 Å². The predicted molar refractivity (Wildman–Crippen MR) is 103 cm³/mol. The molecule has 0 bridgehead atoms. The van der Waals surface area contributed by atoms with Gasteiger partial charge in [-0.3, -0.25) is 9.59 Å². The maximum Gasteiger partial charge on any atom is 0.417 e. The lowest BCUT2D eigenvalue weighted by atomic mass is 9.88. The Morgan fingerprint density at radius 1 is 1.07 bits per heavy atom. The zero-order valence-corrected chi connectivity index (χ0v) is 17.0. The Balaban J connectivity index is 1.76. The second-order valence-corrected chi connectivity index (χ2v) is 8.46. The molecule has 0 aliphatic carbocycles. The third kappa shape index (κ3) is 4.05. The van der Waals surface area contributed by atoms with Gasteiger partial charge in [0.15, 0.2) is 0 Å². The fraction of sp³-hybridized carbons (Fsp3) is 0.591. The highest BCUT2D eigenvalue weighted by molar-refractivity contribution is 5.96. The molecule has 2 amide bonds. The standard InChI is InChI=1S/C22H29NO5/c1-13(2)16-10-18(19-11-17(14(3)4)21(25)28-19)23(20(16)24)22(26)27-12-15-8-6-5-7-9-15/h5-9,13-14,16-19H,10-12H2,1-4H3/t16-,17-,18-,19-/m0/s1. The van der Waals surface area contributed by atoms with Crippen LogP contribution in [-0.2, 0) is 25.7 Å². The van der Waals surface area contributed by atoms with E-state index in [2.05, 4.69) is 0 Å². The number of imide groups is 1. The normalized spacial score (nSPS) is 27.6. The van der Waals surface area contributed by atoms with Gasteiger partial charge >= 0.3 is 12.1 Å². The summed E-state index contributed by atoms with van der Waals surface area (Å²) >= 11 is 0. The molecular weight excluding hydrogens is 358 g/mol. The summed E-state index contributed by atoms with van der Waals surface area (Å²) in [5, 5.41) is 0. The lowest BCUT2D eigenvalue weighted by molar-refractivity contribution is -0.148. The number of hydrogen-bond donors (Lipinski definition) is 0. The van der Waals surface area contributed by atoms with E-state index >= 15 is 0 Å². The monoisotopic (exact) mass is 387 g/mol. The van der Waals surface area contributed by atoms with E-state index in [1.54, 1.807) is 0 Å². The Kier molecular flexibility index (Phi) is 6.06. The van der Waals surface area contributed by atoms with E-state index in [0.717, 1.165) is 5.56 Å². The van der Waals surface area contributed by atoms with Crippen molar-refractivity contribution in [3.63, 3.8) is 0 Å². The van der Waals surface area contributed by atoms with Crippen molar-refractivity contribution in [1.82, 2.24) is 4.90 Å². The molecule has 2 aliphatic rings. The summed E-state index contributed by atoms with van der Waals surface area (Å²) in [6.07, 6.45) is -0.0931. The van der Waals surface area contributed by atoms with Crippen LogP contribution in [0, 0.1) is 23.7 Å². The van der Waals surface area contributed by atoms with Gasteiger partial charge in [0.05, 0.1) is 12.0 Å². The van der Waals surface area contributed by atoms with Crippen LogP contribution in [0.5, 0.6) is 0 Å². The molecule has 0 spiro atoms. The van der Waals surface area contributed by atoms with Gasteiger partial charge in [0.25, 0.3) is 0 Å². The van der Waals surface area contributed by atoms with Gasteiger partial charge in [-0.05, 0) is 30.2 Å². The number of carbonyl (C=O) groups is 3. The van der Waals surface area contributed by atoms with Crippen molar-refractivity contribution >= 4 is 18.0 Å². The Morgan fingerprint density at radius 3 is 2.29 bits per heavy atom. The van der Waals surface area contributed by atoms with Crippen LogP contribution in [0.15, 0.2) is 30.3 Å². The van der Waals surface area contributed by atoms with Crippen LogP contribution in [0.1, 0.15) is 46.1 Å². The second-order valence-electron chi connectivity index (χ2n) is 8.46. The van der Waals surface area contributed by atoms with Crippen molar-refractivity contribution < 1.29 is 23.9 Å². The molecule has 0 aromatic heterocycles. The molecule has 4 atom stereocenters. The number of hydrogen-bond acceptors (Lipinski definition) is 5. The van der Waals surface area contributed by atoms with Crippen molar-refractivity contribution in [3.8, 4) is 0 Å². The van der Waals surface area contributed by atoms with E-state index < -0.39 is 18.2 Å². The fourth-order valence-corrected chi connectivity index (χ4v) is 4.11. The average molecular weight is 387 g/mol. The summed E-state index contributed by atoms with van der Waals surface area (Å²) in [5.74, 6) is -0.680. The zero-order valence-electron chi connectivity index (χ0n) is 17.0. The smallest absolute Gasteiger partial charge is 0.417 e. The van der Waals surface area contributed by atoms with Crippen molar-refractivity contribution in [2.45, 2.75) is 59.3 Å². The summed E-state index contributed by atoms with van der Waals surface area (Å²) in [6, 6.07) is 8.88. The molecule has 28 heavy (non-hydrogen) atoms. The average Bonchev–Trinajstić information content (AvgIpc) is 3.21. The first-order chi connectivity index (χ1) is 13.3. The van der Waals surface area contributed by atoms with E-state index in [9.17, 15) is 14.4 Å². The van der Waals surface area contributed by atoms with Gasteiger partial charge in [-0.25, -0.2) is 9.69 Å². The number of amides is 2. The molecule has 0 N–H and O–H groups in total. The van der Waals surface area contributed by atoms with Crippen LogP contribution < -0.4 is 0 Å². The first-order valence-corrected chi connectivity index (χ1v) is 10.0. The van der Waals surface area contributed by atoms with Crippen LogP contribution in [0.4, 0.5) is 4.79 Å². The van der Waals surface area contributed by atoms with Crippen molar-refractivity contribution in [1.29, 1.82) is 0 Å². The minimum atomic E-state index is -0.661. The van der Waals surface area contributed by atoms with Gasteiger partial charge in [0.2, 0.25) is 5.91 Å². The van der Waals surface area contributed by atoms with Crippen LogP contribution >= 0.6 is 0 Å². The zero-order chi connectivity index (χ0) is 20.4. The Labute approximate surface area is 166 Å². The quantitative estimate of drug-likeness (QED) is 0.719. The molecule has 2 aliphatic heterocycles. The lowest BCUT2D eigenvalue weighted by Crippen LogP contribution is -2.45. The molecule has 152 valence electrons. The van der Waals surface area contributed by atoms with E-state index in [1.807, 2.05) is 58.0 Å². The largest absolute Gasteiger partial charge is 0.460 e. The first kappa shape index (κ1) is 20.4. The number of ether oxygens (including phenoxy) is 2. The van der Waals surface area contributed by atoms with Crippen LogP contribution in [-0.4, -0.2) is 35.0 Å². The molecule has 1 aromatic carbocycles. The number of rotatable bonds is 5. The summed E-state index contributed by atoms with van der Waals surface area (Å²) < 4.78 is 11.0. The molecule has 1 aromatic rings. The van der Waals surface area contributed by atoms with E-state index in [1.165, 1.54) is 4.90 Å². The summed E-state index contributed by atoms with van der Waals surface area (Å²) in [5.41, 5.74) is 0.853. The SMILES string of the molecule is CC(C)[C@@H]1C[C@@H]([C@@H]2C[C@@H](C(C)C)C(=O)N2C(=O)OCc2ccccc2)OC1=O. The Bertz CT molecular complexity index is 730. The topological polar surface area (TPSA) is 72.9 Å². The molecule has 0 radical (unpaired) electrons. The van der Waals surface area contributed by atoms with Crippen molar-refractivity contribution in [3.05, 3.63) is 35.9 Å². The highest BCUT2D eigenvalue weighted by atomic mass is 16.6. The number of cyclic esters (lactones) is 1. The number of esters is 1. The van der Waals surface area contributed by atoms with Gasteiger partial charge in [-0.1, -0.05) is 58.0 Å². The lowest BCUT2D eigenvalue weighted by Gasteiger charge is -2.26. The molecule has 2 saturated heterocycles. The summed E-state index contributed by atoms with van der Waals surface area (Å²) in [4.78, 5) is 39.2. The predicted octanol–water partition coefficient (Wildman–Crippen LogP) is 3.78. The Hall–Kier alpha value is -2.37. The van der Waals surface area contributed by atoms with Crippen molar-refractivity contribution in [2.75, 3.05) is 0 Å². The van der Waals surface area contributed by atoms with Crippen LogP contribution in [0.2, 0.25) is 0 Å². The molecular formula is C22H29NO5. The van der Waals surface area contributed by atoms with Gasteiger partial charge in [0, 0.05) is 5.92 Å². The molecule has 0 saturated carbocycles. The highest BCUT2D eigenvalue weighted by Gasteiger charge is 2.52. The molecule has 0 unspecified atom stereocenters. The maximum atomic E-state index is 12.9. The third-order valence-corrected chi connectivity index (χ3v) is 5.88. The molecule has 2 heterocycles. The molecule has 3 rings (SSSR count). The van der Waals surface area contributed by atoms with Gasteiger partial charge in [-0.15, -0.1) is 0 Å². The van der Waals surface area contributed by atoms with Gasteiger partial charge in [0.1, 0.15) is 12.7 Å². The van der Waals surface area contributed by atoms with Crippen LogP contribution in [0.3, 0.4) is 0 Å². The van der Waals surface area contributed by atoms with Gasteiger partial charge < -0.3 is 9.47 Å². The molecule has 2 fully saturated rings. The van der Waals surface area contributed by atoms with Crippen LogP contribution in [0.25, 0.3) is 0 Å². The van der Waals surface area contributed by atoms with E-state index in [4.69, 9.17) is 9.47 Å². The highest BCUT2D eigenvalue weighted by Crippen LogP contribution is 2.39. The number of likely N-dealkylation sites (tertiary alicyclic amines) is 1. The number of carbonyl (C=O) groups excluding carboxylic acids is 3. The minimum Gasteiger partial charge on any atom is -0.460 e. The second kappa shape index (κ2) is 8.33. The van der Waals surface area contributed by atoms with E-state index in [-0.39, 0.29) is 42.2 Å². The number of benzene rings is 1. The third-order valence-electron chi connectivity index (χ3n) is 5.88. The van der Waals surface area contributed by atoms with Crippen molar-refractivity contribution in [2.24, 2.45) is 23.7 Å². The maximum absolute atomic E-state index is 12.9. The Morgan fingerprint density at radius 2 is 1.71 bits per heavy atom.